The van der Waals surface area contributed by atoms with Crippen LogP contribution in [0.1, 0.15) is 12.0 Å². The van der Waals surface area contributed by atoms with Crippen LogP contribution in [0, 0.1) is 5.82 Å². The Hall–Kier alpha value is -2.90. The fraction of sp³-hybridized carbons (Fsp3) is 0.278. The SMILES string of the molecule is COc1cc(C=NOCCCOc2ccc(F)cc2)ccc1OC(F)F. The van der Waals surface area contributed by atoms with Crippen LogP contribution in [0.15, 0.2) is 47.6 Å². The van der Waals surface area contributed by atoms with Crippen LogP contribution in [0.2, 0.25) is 0 Å². The largest absolute Gasteiger partial charge is 0.493 e. The molecule has 0 unspecified atom stereocenters. The van der Waals surface area contributed by atoms with Crippen LogP contribution in [0.25, 0.3) is 0 Å². The van der Waals surface area contributed by atoms with E-state index in [0.29, 0.717) is 30.9 Å². The van der Waals surface area contributed by atoms with Gasteiger partial charge < -0.3 is 19.0 Å². The maximum absolute atomic E-state index is 12.7. The van der Waals surface area contributed by atoms with Crippen molar-refractivity contribution in [3.63, 3.8) is 0 Å². The molecule has 2 aromatic rings. The monoisotopic (exact) mass is 369 g/mol. The molecule has 0 bridgehead atoms. The molecule has 26 heavy (non-hydrogen) atoms. The number of nitrogens with zero attached hydrogens (tertiary/aromatic N) is 1. The van der Waals surface area contributed by atoms with Crippen LogP contribution in [0.5, 0.6) is 17.2 Å². The lowest BCUT2D eigenvalue weighted by Gasteiger charge is -2.09. The van der Waals surface area contributed by atoms with Crippen molar-refractivity contribution in [1.29, 1.82) is 0 Å². The second-order valence-corrected chi connectivity index (χ2v) is 5.01. The molecule has 0 aliphatic rings. The van der Waals surface area contributed by atoms with Crippen molar-refractivity contribution < 1.29 is 32.2 Å². The first-order chi connectivity index (χ1) is 12.6. The fourth-order valence-electron chi connectivity index (χ4n) is 1.95. The minimum atomic E-state index is -2.93. The highest BCUT2D eigenvalue weighted by Crippen LogP contribution is 2.28. The van der Waals surface area contributed by atoms with Crippen molar-refractivity contribution in [2.75, 3.05) is 20.3 Å². The number of hydrogen-bond acceptors (Lipinski definition) is 5. The van der Waals surface area contributed by atoms with Gasteiger partial charge in [-0.05, 0) is 42.5 Å². The van der Waals surface area contributed by atoms with Crippen molar-refractivity contribution in [2.24, 2.45) is 5.16 Å². The summed E-state index contributed by atoms with van der Waals surface area (Å²) in [6, 6.07) is 10.1. The highest BCUT2D eigenvalue weighted by molar-refractivity contribution is 5.80. The van der Waals surface area contributed by atoms with Crippen molar-refractivity contribution in [3.8, 4) is 17.2 Å². The molecule has 0 spiro atoms. The number of alkyl halides is 2. The lowest BCUT2D eigenvalue weighted by atomic mass is 10.2. The topological polar surface area (TPSA) is 49.3 Å². The number of hydrogen-bond donors (Lipinski definition) is 0. The summed E-state index contributed by atoms with van der Waals surface area (Å²) in [5.74, 6) is 0.369. The Balaban J connectivity index is 1.71. The zero-order valence-corrected chi connectivity index (χ0v) is 14.0. The third-order valence-corrected chi connectivity index (χ3v) is 3.14. The number of oxime groups is 1. The summed E-state index contributed by atoms with van der Waals surface area (Å²) in [6.45, 7) is -2.21. The fourth-order valence-corrected chi connectivity index (χ4v) is 1.95. The van der Waals surface area contributed by atoms with E-state index in [2.05, 4.69) is 9.89 Å². The van der Waals surface area contributed by atoms with Gasteiger partial charge in [-0.15, -0.1) is 0 Å². The highest BCUT2D eigenvalue weighted by atomic mass is 19.3. The van der Waals surface area contributed by atoms with E-state index in [-0.39, 0.29) is 17.3 Å². The molecule has 0 radical (unpaired) electrons. The molecular weight excluding hydrogens is 351 g/mol. The highest BCUT2D eigenvalue weighted by Gasteiger charge is 2.10. The summed E-state index contributed by atoms with van der Waals surface area (Å²) in [7, 11) is 1.35. The third-order valence-electron chi connectivity index (χ3n) is 3.14. The summed E-state index contributed by atoms with van der Waals surface area (Å²) < 4.78 is 52.0. The van der Waals surface area contributed by atoms with E-state index in [0.717, 1.165) is 0 Å². The molecule has 0 atom stereocenters. The molecule has 0 saturated carbocycles. The van der Waals surface area contributed by atoms with Crippen molar-refractivity contribution in [3.05, 3.63) is 53.8 Å². The van der Waals surface area contributed by atoms with Gasteiger partial charge in [0, 0.05) is 12.0 Å². The van der Waals surface area contributed by atoms with E-state index in [1.54, 1.807) is 18.2 Å². The quantitative estimate of drug-likeness (QED) is 0.357. The van der Waals surface area contributed by atoms with Gasteiger partial charge in [0.25, 0.3) is 0 Å². The maximum atomic E-state index is 12.7. The van der Waals surface area contributed by atoms with Crippen molar-refractivity contribution >= 4 is 6.21 Å². The molecule has 0 fully saturated rings. The first-order valence-corrected chi connectivity index (χ1v) is 7.75. The second kappa shape index (κ2) is 10.2. The lowest BCUT2D eigenvalue weighted by Crippen LogP contribution is -2.04. The Morgan fingerprint density at radius 3 is 2.50 bits per heavy atom. The van der Waals surface area contributed by atoms with E-state index < -0.39 is 6.61 Å². The number of halogens is 3. The van der Waals surface area contributed by atoms with E-state index >= 15 is 0 Å². The summed E-state index contributed by atoms with van der Waals surface area (Å²) in [6.07, 6.45) is 2.01. The van der Waals surface area contributed by atoms with E-state index in [4.69, 9.17) is 14.3 Å². The number of rotatable bonds is 10. The molecule has 0 N–H and O–H groups in total. The Morgan fingerprint density at radius 1 is 1.04 bits per heavy atom. The Bertz CT molecular complexity index is 708. The van der Waals surface area contributed by atoms with Crippen molar-refractivity contribution in [2.45, 2.75) is 13.0 Å². The van der Waals surface area contributed by atoms with Gasteiger partial charge in [0.1, 0.15) is 18.2 Å². The maximum Gasteiger partial charge on any atom is 0.387 e. The average Bonchev–Trinajstić information content (AvgIpc) is 2.63. The molecule has 140 valence electrons. The predicted molar refractivity (Wildman–Crippen MR) is 89.7 cm³/mol. The molecule has 2 rings (SSSR count). The van der Waals surface area contributed by atoms with E-state index in [1.165, 1.54) is 37.6 Å². The van der Waals surface area contributed by atoms with Gasteiger partial charge in [-0.3, -0.25) is 0 Å². The molecule has 0 saturated heterocycles. The van der Waals surface area contributed by atoms with Crippen LogP contribution in [0.4, 0.5) is 13.2 Å². The molecule has 2 aromatic carbocycles. The first kappa shape index (κ1) is 19.4. The van der Waals surface area contributed by atoms with Gasteiger partial charge in [-0.1, -0.05) is 5.16 Å². The standard InChI is InChI=1S/C18H18F3NO4/c1-23-17-11-13(3-8-16(17)26-18(20)21)12-22-25-10-2-9-24-15-6-4-14(19)5-7-15/h3-8,11-12,18H,2,9-10H2,1H3. The van der Waals surface area contributed by atoms with Gasteiger partial charge in [-0.25, -0.2) is 4.39 Å². The smallest absolute Gasteiger partial charge is 0.387 e. The minimum Gasteiger partial charge on any atom is -0.493 e. The molecule has 8 heteroatoms. The van der Waals surface area contributed by atoms with Crippen LogP contribution < -0.4 is 14.2 Å². The molecule has 0 heterocycles. The van der Waals surface area contributed by atoms with Gasteiger partial charge in [0.2, 0.25) is 0 Å². The number of ether oxygens (including phenoxy) is 3. The predicted octanol–water partition coefficient (Wildman–Crippen LogP) is 4.26. The number of methoxy groups -OCH3 is 1. The van der Waals surface area contributed by atoms with Crippen LogP contribution in [-0.2, 0) is 4.84 Å². The summed E-state index contributed by atoms with van der Waals surface area (Å²) in [5.41, 5.74) is 0.603. The average molecular weight is 369 g/mol. The molecule has 5 nitrogen and oxygen atoms in total. The first-order valence-electron chi connectivity index (χ1n) is 7.75. The molecular formula is C18H18F3NO4. The minimum absolute atomic E-state index is 0.0569. The summed E-state index contributed by atoms with van der Waals surface area (Å²) in [4.78, 5) is 5.10. The summed E-state index contributed by atoms with van der Waals surface area (Å²) in [5, 5.41) is 3.79. The van der Waals surface area contributed by atoms with E-state index in [9.17, 15) is 13.2 Å². The van der Waals surface area contributed by atoms with Gasteiger partial charge >= 0.3 is 6.61 Å². The Morgan fingerprint density at radius 2 is 1.81 bits per heavy atom. The normalized spacial score (nSPS) is 11.0. The second-order valence-electron chi connectivity index (χ2n) is 5.01. The van der Waals surface area contributed by atoms with E-state index in [1.807, 2.05) is 0 Å². The summed E-state index contributed by atoms with van der Waals surface area (Å²) >= 11 is 0. The van der Waals surface area contributed by atoms with Crippen LogP contribution in [-0.4, -0.2) is 33.1 Å². The Kier molecular flexibility index (Phi) is 7.60. The Labute approximate surface area is 148 Å². The molecule has 0 aliphatic heterocycles. The van der Waals surface area contributed by atoms with Crippen LogP contribution in [0.3, 0.4) is 0 Å². The third kappa shape index (κ3) is 6.54. The number of benzene rings is 2. The molecule has 0 aliphatic carbocycles. The zero-order valence-electron chi connectivity index (χ0n) is 14.0. The van der Waals surface area contributed by atoms with Gasteiger partial charge in [0.15, 0.2) is 11.5 Å². The van der Waals surface area contributed by atoms with Crippen LogP contribution >= 0.6 is 0 Å². The van der Waals surface area contributed by atoms with Gasteiger partial charge in [0.05, 0.1) is 19.9 Å². The molecule has 0 aromatic heterocycles. The van der Waals surface area contributed by atoms with Crippen molar-refractivity contribution in [1.82, 2.24) is 0 Å². The van der Waals surface area contributed by atoms with Gasteiger partial charge in [-0.2, -0.15) is 8.78 Å². The molecule has 0 amide bonds. The lowest BCUT2D eigenvalue weighted by molar-refractivity contribution is -0.0512. The zero-order chi connectivity index (χ0) is 18.8.